The van der Waals surface area contributed by atoms with Gasteiger partial charge in [0, 0.05) is 27.9 Å². The van der Waals surface area contributed by atoms with Crippen LogP contribution in [0.15, 0.2) is 11.3 Å². The molecule has 1 aromatic rings. The Bertz CT molecular complexity index is 783. The van der Waals surface area contributed by atoms with Gasteiger partial charge in [-0.3, -0.25) is 19.0 Å². The van der Waals surface area contributed by atoms with Crippen LogP contribution in [0.25, 0.3) is 0 Å². The van der Waals surface area contributed by atoms with Crippen molar-refractivity contribution in [1.82, 2.24) is 14.5 Å². The molecule has 1 aliphatic rings. The molecule has 2 rings (SSSR count). The molecule has 0 bridgehead atoms. The number of esters is 2. The lowest BCUT2D eigenvalue weighted by Gasteiger charge is -2.18. The van der Waals surface area contributed by atoms with E-state index in [2.05, 4.69) is 9.98 Å². The summed E-state index contributed by atoms with van der Waals surface area (Å²) in [5, 5.41) is -0.883. The summed E-state index contributed by atoms with van der Waals surface area (Å²) in [4.78, 5) is 43.6. The monoisotopic (exact) mass is 418 g/mol. The van der Waals surface area contributed by atoms with Crippen molar-refractivity contribution in [3.8, 4) is 0 Å². The highest BCUT2D eigenvalue weighted by molar-refractivity contribution is 6.67. The molecule has 0 aromatic carbocycles. The summed E-state index contributed by atoms with van der Waals surface area (Å²) in [6.45, 7) is 1.98. The quantitative estimate of drug-likeness (QED) is 0.281. The van der Waals surface area contributed by atoms with Crippen LogP contribution in [-0.4, -0.2) is 77.1 Å². The van der Waals surface area contributed by atoms with E-state index in [-0.39, 0.29) is 18.1 Å². The molecular formula is C16H20ClFN4O6. The number of alkyl halides is 1. The minimum absolute atomic E-state index is 0.0314. The van der Waals surface area contributed by atoms with Gasteiger partial charge in [0.25, 0.3) is 5.24 Å². The largest absolute Gasteiger partial charge is 0.463 e. The van der Waals surface area contributed by atoms with Crippen LogP contribution in [0.1, 0.15) is 30.6 Å². The normalized spacial score (nSPS) is 24.4. The zero-order valence-corrected chi connectivity index (χ0v) is 16.4. The highest BCUT2D eigenvalue weighted by atomic mass is 35.5. The first-order valence-electron chi connectivity index (χ1n) is 8.19. The standard InChI is InChI=1S/C16H20ClFN4O6/c1-8(23)26-5-10-13(27-9(2)24)11(18)16(28-10)22-7-19-12(14(17)25)15(22)20-6-21(3)4/h6-7,10-11,13,16H,5H2,1-4H3/t10-,11+,13-,16-/m1/s1. The molecule has 0 amide bonds. The summed E-state index contributed by atoms with van der Waals surface area (Å²) in [7, 11) is 3.39. The van der Waals surface area contributed by atoms with Crippen molar-refractivity contribution in [2.45, 2.75) is 38.5 Å². The Morgan fingerprint density at radius 2 is 2.07 bits per heavy atom. The van der Waals surface area contributed by atoms with E-state index < -0.39 is 41.8 Å². The first-order chi connectivity index (χ1) is 13.1. The number of carbonyl (C=O) groups excluding carboxylic acids is 3. The predicted octanol–water partition coefficient (Wildman–Crippen LogP) is 1.21. The van der Waals surface area contributed by atoms with Crippen LogP contribution >= 0.6 is 11.6 Å². The fourth-order valence-electron chi connectivity index (χ4n) is 2.56. The average Bonchev–Trinajstić information content (AvgIpc) is 3.13. The minimum atomic E-state index is -1.84. The summed E-state index contributed by atoms with van der Waals surface area (Å²) in [6.07, 6.45) is -3.05. The maximum absolute atomic E-state index is 15.1. The lowest BCUT2D eigenvalue weighted by molar-refractivity contribution is -0.156. The molecule has 0 N–H and O–H groups in total. The van der Waals surface area contributed by atoms with Crippen LogP contribution < -0.4 is 0 Å². The Hall–Kier alpha value is -2.53. The predicted molar refractivity (Wildman–Crippen MR) is 95.2 cm³/mol. The van der Waals surface area contributed by atoms with Crippen LogP contribution in [0.3, 0.4) is 0 Å². The number of rotatable bonds is 7. The molecule has 0 aliphatic carbocycles. The number of nitrogens with zero attached hydrogens (tertiary/aromatic N) is 4. The third-order valence-corrected chi connectivity index (χ3v) is 3.84. The molecule has 0 saturated carbocycles. The molecule has 1 saturated heterocycles. The fourth-order valence-corrected chi connectivity index (χ4v) is 2.69. The van der Waals surface area contributed by atoms with Crippen LogP contribution in [0.4, 0.5) is 10.2 Å². The van der Waals surface area contributed by atoms with Gasteiger partial charge in [0.2, 0.25) is 0 Å². The third kappa shape index (κ3) is 5.04. The second kappa shape index (κ2) is 9.11. The minimum Gasteiger partial charge on any atom is -0.463 e. The SMILES string of the molecule is CC(=O)OC[C@H]1O[C@@H](n2cnc(C(=O)Cl)c2N=CN(C)C)[C@@H](F)[C@@H]1OC(C)=O. The van der Waals surface area contributed by atoms with Gasteiger partial charge in [-0.1, -0.05) is 0 Å². The van der Waals surface area contributed by atoms with Crippen LogP contribution in [0, 0.1) is 0 Å². The first-order valence-corrected chi connectivity index (χ1v) is 8.57. The van der Waals surface area contributed by atoms with Crippen molar-refractivity contribution >= 4 is 40.9 Å². The molecule has 0 spiro atoms. The van der Waals surface area contributed by atoms with E-state index >= 15 is 4.39 Å². The van der Waals surface area contributed by atoms with Gasteiger partial charge in [0.1, 0.15) is 12.7 Å². The second-order valence-electron chi connectivity index (χ2n) is 6.19. The van der Waals surface area contributed by atoms with Gasteiger partial charge < -0.3 is 19.1 Å². The van der Waals surface area contributed by atoms with Crippen LogP contribution in [-0.2, 0) is 23.8 Å². The summed E-state index contributed by atoms with van der Waals surface area (Å²) in [6, 6.07) is 0. The second-order valence-corrected chi connectivity index (χ2v) is 6.54. The van der Waals surface area contributed by atoms with E-state index in [1.807, 2.05) is 0 Å². The van der Waals surface area contributed by atoms with Gasteiger partial charge >= 0.3 is 11.9 Å². The molecular weight excluding hydrogens is 399 g/mol. The van der Waals surface area contributed by atoms with Gasteiger partial charge in [-0.25, -0.2) is 14.4 Å². The Morgan fingerprint density at radius 3 is 2.61 bits per heavy atom. The van der Waals surface area contributed by atoms with Gasteiger partial charge in [0.15, 0.2) is 30.0 Å². The third-order valence-electron chi connectivity index (χ3n) is 3.66. The van der Waals surface area contributed by atoms with E-state index in [1.54, 1.807) is 19.0 Å². The maximum Gasteiger partial charge on any atom is 0.303 e. The molecule has 0 unspecified atom stereocenters. The van der Waals surface area contributed by atoms with Crippen molar-refractivity contribution in [3.05, 3.63) is 12.0 Å². The number of carbonyl (C=O) groups is 3. The van der Waals surface area contributed by atoms with Gasteiger partial charge in [-0.15, -0.1) is 0 Å². The molecule has 4 atom stereocenters. The fraction of sp³-hybridized carbons (Fsp3) is 0.562. The molecule has 154 valence electrons. The van der Waals surface area contributed by atoms with Crippen molar-refractivity contribution in [2.24, 2.45) is 4.99 Å². The van der Waals surface area contributed by atoms with E-state index in [0.29, 0.717) is 0 Å². The molecule has 1 fully saturated rings. The molecule has 2 heterocycles. The summed E-state index contributed by atoms with van der Waals surface area (Å²) in [5.41, 5.74) is -0.192. The Morgan fingerprint density at radius 1 is 1.39 bits per heavy atom. The lowest BCUT2D eigenvalue weighted by Crippen LogP contribution is -2.36. The molecule has 0 radical (unpaired) electrons. The van der Waals surface area contributed by atoms with Gasteiger partial charge in [-0.05, 0) is 11.6 Å². The maximum atomic E-state index is 15.1. The Kier molecular flexibility index (Phi) is 7.08. The number of hydrogen-bond donors (Lipinski definition) is 0. The van der Waals surface area contributed by atoms with Crippen molar-refractivity contribution < 1.29 is 33.0 Å². The van der Waals surface area contributed by atoms with Crippen LogP contribution in [0.5, 0.6) is 0 Å². The van der Waals surface area contributed by atoms with E-state index in [4.69, 9.17) is 25.8 Å². The molecule has 12 heteroatoms. The van der Waals surface area contributed by atoms with Gasteiger partial charge in [-0.2, -0.15) is 0 Å². The van der Waals surface area contributed by atoms with E-state index in [9.17, 15) is 14.4 Å². The lowest BCUT2D eigenvalue weighted by atomic mass is 10.1. The Balaban J connectivity index is 2.39. The van der Waals surface area contributed by atoms with Crippen molar-refractivity contribution in [2.75, 3.05) is 20.7 Å². The zero-order chi connectivity index (χ0) is 21.0. The number of ether oxygens (including phenoxy) is 3. The Labute approximate surface area is 165 Å². The molecule has 10 nitrogen and oxygen atoms in total. The number of aromatic nitrogens is 2. The highest BCUT2D eigenvalue weighted by Gasteiger charge is 2.49. The average molecular weight is 419 g/mol. The number of halogens is 2. The van der Waals surface area contributed by atoms with E-state index in [1.165, 1.54) is 17.8 Å². The van der Waals surface area contributed by atoms with E-state index in [0.717, 1.165) is 13.3 Å². The smallest absolute Gasteiger partial charge is 0.303 e. The molecule has 1 aromatic heterocycles. The van der Waals surface area contributed by atoms with Gasteiger partial charge in [0.05, 0.1) is 12.7 Å². The first kappa shape index (κ1) is 21.8. The summed E-state index contributed by atoms with van der Waals surface area (Å²) in [5.74, 6) is -1.35. The van der Waals surface area contributed by atoms with Crippen molar-refractivity contribution in [3.63, 3.8) is 0 Å². The molecule has 1 aliphatic heterocycles. The highest BCUT2D eigenvalue weighted by Crippen LogP contribution is 2.37. The topological polar surface area (TPSA) is 112 Å². The summed E-state index contributed by atoms with van der Waals surface area (Å²) < 4.78 is 31.8. The summed E-state index contributed by atoms with van der Waals surface area (Å²) >= 11 is 5.53. The molecule has 28 heavy (non-hydrogen) atoms. The number of hydrogen-bond acceptors (Lipinski definition) is 8. The van der Waals surface area contributed by atoms with Crippen LogP contribution in [0.2, 0.25) is 0 Å². The van der Waals surface area contributed by atoms with Crippen molar-refractivity contribution in [1.29, 1.82) is 0 Å². The number of aliphatic imine (C=N–C) groups is 1. The number of imidazole rings is 1. The zero-order valence-electron chi connectivity index (χ0n) is 15.7.